The van der Waals surface area contributed by atoms with Crippen LogP contribution in [0.5, 0.6) is 11.5 Å². The number of anilines is 2. The highest BCUT2D eigenvalue weighted by Crippen LogP contribution is 2.29. The van der Waals surface area contributed by atoms with Crippen LogP contribution in [0.3, 0.4) is 0 Å². The van der Waals surface area contributed by atoms with Gasteiger partial charge in [0.05, 0.1) is 5.02 Å². The van der Waals surface area contributed by atoms with Crippen molar-refractivity contribution in [3.05, 3.63) is 70.1 Å². The van der Waals surface area contributed by atoms with Crippen molar-refractivity contribution < 1.29 is 9.84 Å². The van der Waals surface area contributed by atoms with Gasteiger partial charge in [0.1, 0.15) is 23.8 Å². The Balaban J connectivity index is 1.51. The second-order valence-electron chi connectivity index (χ2n) is 8.09. The van der Waals surface area contributed by atoms with Gasteiger partial charge in [0.15, 0.2) is 0 Å². The van der Waals surface area contributed by atoms with Gasteiger partial charge >= 0.3 is 0 Å². The number of pyridine rings is 1. The van der Waals surface area contributed by atoms with Crippen molar-refractivity contribution in [1.29, 1.82) is 0 Å². The molecule has 0 amide bonds. The van der Waals surface area contributed by atoms with Gasteiger partial charge < -0.3 is 20.1 Å². The minimum absolute atomic E-state index is 0.0358. The lowest BCUT2D eigenvalue weighted by Gasteiger charge is -2.18. The largest absolute Gasteiger partial charge is 0.506 e. The van der Waals surface area contributed by atoms with Gasteiger partial charge in [-0.25, -0.2) is 4.98 Å². The third-order valence-corrected chi connectivity index (χ3v) is 6.19. The first kappa shape index (κ1) is 24.5. The molecule has 0 atom stereocenters. The summed E-state index contributed by atoms with van der Waals surface area (Å²) in [5.74, 6) is 1.14. The number of ether oxygens (including phenoxy) is 1. The zero-order valence-corrected chi connectivity index (χ0v) is 20.7. The fourth-order valence-corrected chi connectivity index (χ4v) is 3.96. The molecule has 35 heavy (non-hydrogen) atoms. The summed E-state index contributed by atoms with van der Waals surface area (Å²) in [6.07, 6.45) is 1.67. The lowest BCUT2D eigenvalue weighted by Crippen LogP contribution is -2.27. The number of halogens is 1. The molecular weight excluding hydrogens is 466 g/mol. The van der Waals surface area contributed by atoms with Gasteiger partial charge in [0.2, 0.25) is 5.95 Å². The number of hydrogen-bond donors (Lipinski definition) is 2. The molecule has 0 radical (unpaired) electrons. The number of nitrogens with one attached hydrogen (secondary N) is 1. The molecular formula is C26H28ClN5O3. The van der Waals surface area contributed by atoms with Crippen molar-refractivity contribution in [3.63, 3.8) is 0 Å². The first-order valence-electron chi connectivity index (χ1n) is 11.5. The molecule has 0 bridgehead atoms. The number of benzene rings is 2. The third-order valence-electron chi connectivity index (χ3n) is 5.89. The van der Waals surface area contributed by atoms with Crippen molar-refractivity contribution in [3.8, 4) is 22.6 Å². The summed E-state index contributed by atoms with van der Waals surface area (Å²) in [6.45, 7) is 7.81. The summed E-state index contributed by atoms with van der Waals surface area (Å²) < 4.78 is 7.31. The van der Waals surface area contributed by atoms with Crippen molar-refractivity contribution in [1.82, 2.24) is 19.4 Å². The Kier molecular flexibility index (Phi) is 7.53. The molecule has 4 rings (SSSR count). The number of phenols is 1. The normalized spacial score (nSPS) is 11.2. The Labute approximate surface area is 208 Å². The van der Waals surface area contributed by atoms with Gasteiger partial charge in [-0.3, -0.25) is 9.36 Å². The second-order valence-corrected chi connectivity index (χ2v) is 8.49. The van der Waals surface area contributed by atoms with E-state index in [2.05, 4.69) is 34.0 Å². The first-order valence-corrected chi connectivity index (χ1v) is 11.8. The number of phenolic OH excluding ortho intramolecular Hbond substituents is 1. The molecule has 8 nitrogen and oxygen atoms in total. The van der Waals surface area contributed by atoms with E-state index in [1.165, 1.54) is 10.6 Å². The minimum atomic E-state index is -0.227. The molecule has 0 aliphatic rings. The molecule has 2 heterocycles. The highest BCUT2D eigenvalue weighted by Gasteiger charge is 2.13. The summed E-state index contributed by atoms with van der Waals surface area (Å²) in [6, 6.07) is 14.0. The van der Waals surface area contributed by atoms with Crippen LogP contribution >= 0.6 is 11.6 Å². The van der Waals surface area contributed by atoms with E-state index in [9.17, 15) is 9.90 Å². The summed E-state index contributed by atoms with van der Waals surface area (Å²) in [4.78, 5) is 24.3. The molecule has 0 fully saturated rings. The zero-order valence-electron chi connectivity index (χ0n) is 20.0. The maximum Gasteiger partial charge on any atom is 0.259 e. The molecule has 0 aliphatic heterocycles. The molecule has 0 aliphatic carbocycles. The first-order chi connectivity index (χ1) is 16.9. The van der Waals surface area contributed by atoms with Crippen LogP contribution in [0.25, 0.3) is 22.2 Å². The van der Waals surface area contributed by atoms with E-state index in [1.807, 2.05) is 24.3 Å². The van der Waals surface area contributed by atoms with Crippen molar-refractivity contribution in [2.75, 3.05) is 31.6 Å². The minimum Gasteiger partial charge on any atom is -0.506 e. The molecule has 182 valence electrons. The van der Waals surface area contributed by atoms with Gasteiger partial charge in [-0.15, -0.1) is 0 Å². The Bertz CT molecular complexity index is 1380. The number of nitrogens with zero attached hydrogens (tertiary/aromatic N) is 4. The Morgan fingerprint density at radius 3 is 2.54 bits per heavy atom. The highest BCUT2D eigenvalue weighted by atomic mass is 35.5. The second kappa shape index (κ2) is 10.8. The average molecular weight is 494 g/mol. The maximum absolute atomic E-state index is 13.0. The van der Waals surface area contributed by atoms with Crippen LogP contribution in [0, 0.1) is 0 Å². The molecule has 0 unspecified atom stereocenters. The number of likely N-dealkylation sites (N-methyl/N-ethyl adjacent to an activating group) is 1. The van der Waals surface area contributed by atoms with Crippen LogP contribution < -0.4 is 15.6 Å². The number of aromatic nitrogens is 3. The average Bonchev–Trinajstić information content (AvgIpc) is 2.87. The van der Waals surface area contributed by atoms with Crippen LogP contribution in [0.15, 0.2) is 59.5 Å². The van der Waals surface area contributed by atoms with E-state index in [0.717, 1.165) is 31.1 Å². The van der Waals surface area contributed by atoms with Gasteiger partial charge in [-0.1, -0.05) is 31.5 Å². The van der Waals surface area contributed by atoms with E-state index < -0.39 is 0 Å². The van der Waals surface area contributed by atoms with Crippen LogP contribution in [-0.4, -0.2) is 50.8 Å². The summed E-state index contributed by atoms with van der Waals surface area (Å²) >= 11 is 6.03. The van der Waals surface area contributed by atoms with Gasteiger partial charge in [0, 0.05) is 36.4 Å². The molecule has 4 aromatic rings. The highest BCUT2D eigenvalue weighted by molar-refractivity contribution is 6.32. The van der Waals surface area contributed by atoms with Crippen LogP contribution in [0.2, 0.25) is 5.02 Å². The van der Waals surface area contributed by atoms with E-state index in [1.54, 1.807) is 31.4 Å². The summed E-state index contributed by atoms with van der Waals surface area (Å²) in [5, 5.41) is 13.7. The Hall–Kier alpha value is -3.62. The van der Waals surface area contributed by atoms with Gasteiger partial charge in [0.25, 0.3) is 5.56 Å². The predicted octanol–water partition coefficient (Wildman–Crippen LogP) is 4.82. The lowest BCUT2D eigenvalue weighted by molar-refractivity contribution is 0.223. The fourth-order valence-electron chi connectivity index (χ4n) is 3.78. The van der Waals surface area contributed by atoms with Crippen LogP contribution in [0.1, 0.15) is 13.8 Å². The number of aryl methyl sites for hydroxylation is 1. The molecule has 2 aromatic carbocycles. The predicted molar refractivity (Wildman–Crippen MR) is 140 cm³/mol. The van der Waals surface area contributed by atoms with Crippen molar-refractivity contribution in [2.45, 2.75) is 13.8 Å². The summed E-state index contributed by atoms with van der Waals surface area (Å²) in [7, 11) is 1.66. The Morgan fingerprint density at radius 1 is 1.11 bits per heavy atom. The molecule has 0 saturated carbocycles. The fraction of sp³-hybridized carbons (Fsp3) is 0.269. The monoisotopic (exact) mass is 493 g/mol. The van der Waals surface area contributed by atoms with E-state index in [0.29, 0.717) is 34.7 Å². The topological polar surface area (TPSA) is 92.5 Å². The number of aromatic hydroxyl groups is 1. The van der Waals surface area contributed by atoms with E-state index >= 15 is 0 Å². The number of rotatable bonds is 9. The van der Waals surface area contributed by atoms with E-state index in [4.69, 9.17) is 16.3 Å². The van der Waals surface area contributed by atoms with Crippen LogP contribution in [-0.2, 0) is 7.05 Å². The molecule has 2 N–H and O–H groups in total. The standard InChI is InChI=1S/C26H28ClN5O3/c1-4-32(5-2)12-13-35-20-9-7-19(8-10-20)29-26-28-16-18-14-21(25(34)31(3)24(18)30-26)17-6-11-23(33)22(27)15-17/h6-11,14-16,33H,4-5,12-13H2,1-3H3,(H,28,29,30). The quantitative estimate of drug-likeness (QED) is 0.345. The smallest absolute Gasteiger partial charge is 0.259 e. The number of hydrogen-bond acceptors (Lipinski definition) is 7. The zero-order chi connectivity index (χ0) is 24.9. The number of fused-ring (bicyclic) bond motifs is 1. The molecule has 0 saturated heterocycles. The molecule has 0 spiro atoms. The van der Waals surface area contributed by atoms with Gasteiger partial charge in [-0.2, -0.15) is 4.98 Å². The molecule has 2 aromatic heterocycles. The summed E-state index contributed by atoms with van der Waals surface area (Å²) in [5.41, 5.74) is 2.13. The Morgan fingerprint density at radius 2 is 1.86 bits per heavy atom. The third kappa shape index (κ3) is 5.55. The maximum atomic E-state index is 13.0. The molecule has 9 heteroatoms. The lowest BCUT2D eigenvalue weighted by atomic mass is 10.1. The SMILES string of the molecule is CCN(CC)CCOc1ccc(Nc2ncc3cc(-c4ccc(O)c(Cl)c4)c(=O)n(C)c3n2)cc1. The van der Waals surface area contributed by atoms with Crippen molar-refractivity contribution >= 4 is 34.3 Å². The van der Waals surface area contributed by atoms with Crippen LogP contribution in [0.4, 0.5) is 11.6 Å². The van der Waals surface area contributed by atoms with Crippen molar-refractivity contribution in [2.24, 2.45) is 7.05 Å². The van der Waals surface area contributed by atoms with Gasteiger partial charge in [-0.05, 0) is 61.1 Å². The van der Waals surface area contributed by atoms with E-state index in [-0.39, 0.29) is 16.3 Å².